The molecule has 0 spiro atoms. The number of benzene rings is 1. The Labute approximate surface area is 182 Å². The highest BCUT2D eigenvalue weighted by Gasteiger charge is 2.36. The first-order valence-electron chi connectivity index (χ1n) is 10.9. The maximum absolute atomic E-state index is 13.1. The molecule has 0 radical (unpaired) electrons. The number of amides is 1. The average molecular weight is 423 g/mol. The summed E-state index contributed by atoms with van der Waals surface area (Å²) in [6, 6.07) is 7.92. The van der Waals surface area contributed by atoms with Gasteiger partial charge in [-0.05, 0) is 48.9 Å². The van der Waals surface area contributed by atoms with Crippen LogP contribution in [0.25, 0.3) is 22.3 Å². The maximum atomic E-state index is 13.1. The number of ether oxygens (including phenoxy) is 2. The molecule has 7 nitrogen and oxygen atoms in total. The molecule has 31 heavy (non-hydrogen) atoms. The van der Waals surface area contributed by atoms with Gasteiger partial charge in [-0.25, -0.2) is 0 Å². The number of aromatic nitrogens is 3. The fourth-order valence-corrected chi connectivity index (χ4v) is 5.01. The Morgan fingerprint density at radius 3 is 2.61 bits per heavy atom. The fraction of sp³-hybridized carbons (Fsp3) is 0.500. The van der Waals surface area contributed by atoms with Crippen molar-refractivity contribution in [2.24, 2.45) is 5.41 Å². The van der Waals surface area contributed by atoms with Crippen LogP contribution in [-0.4, -0.2) is 65.5 Å². The molecular weight excluding hydrogens is 392 g/mol. The van der Waals surface area contributed by atoms with Crippen LogP contribution in [0.1, 0.15) is 41.9 Å². The van der Waals surface area contributed by atoms with Crippen LogP contribution in [0.2, 0.25) is 0 Å². The summed E-state index contributed by atoms with van der Waals surface area (Å²) in [5, 5.41) is 8.90. The van der Waals surface area contributed by atoms with E-state index in [2.05, 4.69) is 35.1 Å². The van der Waals surface area contributed by atoms with Crippen molar-refractivity contribution in [1.82, 2.24) is 20.1 Å². The zero-order valence-electron chi connectivity index (χ0n) is 18.6. The van der Waals surface area contributed by atoms with Gasteiger partial charge in [-0.3, -0.25) is 9.89 Å². The number of carbonyl (C=O) groups excluding carboxylic acids is 1. The van der Waals surface area contributed by atoms with E-state index in [1.54, 1.807) is 14.2 Å². The average Bonchev–Trinajstić information content (AvgIpc) is 3.46. The monoisotopic (exact) mass is 422 g/mol. The zero-order chi connectivity index (χ0) is 21.8. The number of nitrogens with one attached hydrogen (secondary N) is 2. The summed E-state index contributed by atoms with van der Waals surface area (Å²) in [6.45, 7) is 5.70. The number of hydrogen-bond donors (Lipinski definition) is 2. The van der Waals surface area contributed by atoms with E-state index in [1.165, 1.54) is 11.3 Å². The number of fused-ring (bicyclic) bond motifs is 2. The molecule has 2 aliphatic rings. The van der Waals surface area contributed by atoms with E-state index in [-0.39, 0.29) is 18.1 Å². The third-order valence-corrected chi connectivity index (χ3v) is 6.89. The van der Waals surface area contributed by atoms with Crippen LogP contribution < -0.4 is 0 Å². The summed E-state index contributed by atoms with van der Waals surface area (Å²) < 4.78 is 10.9. The van der Waals surface area contributed by atoms with Gasteiger partial charge in [0, 0.05) is 55.0 Å². The highest BCUT2D eigenvalue weighted by Crippen LogP contribution is 2.38. The van der Waals surface area contributed by atoms with Gasteiger partial charge in [0.05, 0.1) is 5.69 Å². The SMILES string of the molecule is CO[C@H]1CN(C(=O)c2ccc3[nH]c(-c4n[nH]c5c4CCC(C)(C)C5)cc3c2)C[C@H]1OC. The molecule has 3 aromatic rings. The Morgan fingerprint density at radius 2 is 1.90 bits per heavy atom. The van der Waals surface area contributed by atoms with Gasteiger partial charge in [0.15, 0.2) is 0 Å². The largest absolute Gasteiger partial charge is 0.377 e. The lowest BCUT2D eigenvalue weighted by Gasteiger charge is -2.28. The van der Waals surface area contributed by atoms with Crippen molar-refractivity contribution in [3.8, 4) is 11.4 Å². The number of rotatable bonds is 4. The summed E-state index contributed by atoms with van der Waals surface area (Å²) in [7, 11) is 3.32. The number of carbonyl (C=O) groups is 1. The normalized spacial score (nSPS) is 22.8. The second-order valence-electron chi connectivity index (χ2n) is 9.61. The van der Waals surface area contributed by atoms with Crippen LogP contribution >= 0.6 is 0 Å². The minimum Gasteiger partial charge on any atom is -0.377 e. The van der Waals surface area contributed by atoms with Crippen LogP contribution in [0.4, 0.5) is 0 Å². The predicted molar refractivity (Wildman–Crippen MR) is 119 cm³/mol. The topological polar surface area (TPSA) is 83.2 Å². The zero-order valence-corrected chi connectivity index (χ0v) is 18.6. The molecule has 2 atom stereocenters. The number of nitrogens with zero attached hydrogens (tertiary/aromatic N) is 2. The van der Waals surface area contributed by atoms with Gasteiger partial charge >= 0.3 is 0 Å². The Kier molecular flexibility index (Phi) is 4.90. The molecule has 0 unspecified atom stereocenters. The molecule has 0 bridgehead atoms. The number of hydrogen-bond acceptors (Lipinski definition) is 4. The predicted octanol–water partition coefficient (Wildman–Crippen LogP) is 3.56. The van der Waals surface area contributed by atoms with Gasteiger partial charge in [-0.2, -0.15) is 5.10 Å². The molecule has 5 rings (SSSR count). The number of methoxy groups -OCH3 is 2. The number of likely N-dealkylation sites (tertiary alicyclic amines) is 1. The van der Waals surface area contributed by atoms with Crippen LogP contribution in [0, 0.1) is 5.41 Å². The van der Waals surface area contributed by atoms with Gasteiger partial charge < -0.3 is 19.4 Å². The van der Waals surface area contributed by atoms with Crippen molar-refractivity contribution in [3.63, 3.8) is 0 Å². The lowest BCUT2D eigenvalue weighted by molar-refractivity contribution is -0.00461. The minimum absolute atomic E-state index is 0.00521. The molecule has 7 heteroatoms. The summed E-state index contributed by atoms with van der Waals surface area (Å²) in [5.41, 5.74) is 6.55. The van der Waals surface area contributed by atoms with Gasteiger partial charge in [-0.15, -0.1) is 0 Å². The van der Waals surface area contributed by atoms with Crippen LogP contribution in [-0.2, 0) is 22.3 Å². The summed E-state index contributed by atoms with van der Waals surface area (Å²) >= 11 is 0. The van der Waals surface area contributed by atoms with E-state index in [0.29, 0.717) is 24.1 Å². The fourth-order valence-electron chi connectivity index (χ4n) is 5.01. The standard InChI is InChI=1S/C24H30N4O3/c1-24(2)8-7-16-19(11-24)26-27-22(16)18-10-15-9-14(5-6-17(15)25-18)23(29)28-12-20(30-3)21(13-28)31-4/h5-6,9-10,20-21,25H,7-8,11-13H2,1-4H3,(H,26,27)/t20-,21+. The van der Waals surface area contributed by atoms with Gasteiger partial charge in [0.1, 0.15) is 17.9 Å². The molecule has 0 saturated carbocycles. The number of aromatic amines is 2. The number of H-pyrrole nitrogens is 2. The summed E-state index contributed by atoms with van der Waals surface area (Å²) in [4.78, 5) is 18.4. The summed E-state index contributed by atoms with van der Waals surface area (Å²) in [5.74, 6) is 0.00521. The lowest BCUT2D eigenvalue weighted by Crippen LogP contribution is -2.30. The molecule has 1 aromatic carbocycles. The van der Waals surface area contributed by atoms with E-state index < -0.39 is 0 Å². The highest BCUT2D eigenvalue weighted by molar-refractivity contribution is 5.99. The molecule has 2 aromatic heterocycles. The van der Waals surface area contributed by atoms with Gasteiger partial charge in [-0.1, -0.05) is 13.8 Å². The lowest BCUT2D eigenvalue weighted by atomic mass is 9.76. The van der Waals surface area contributed by atoms with Crippen molar-refractivity contribution in [2.75, 3.05) is 27.3 Å². The smallest absolute Gasteiger partial charge is 0.254 e. The van der Waals surface area contributed by atoms with Crippen LogP contribution in [0.15, 0.2) is 24.3 Å². The van der Waals surface area contributed by atoms with Crippen molar-refractivity contribution in [2.45, 2.75) is 45.3 Å². The molecule has 1 aliphatic heterocycles. The minimum atomic E-state index is -0.0904. The van der Waals surface area contributed by atoms with Gasteiger partial charge in [0.2, 0.25) is 0 Å². The Hall–Kier alpha value is -2.64. The molecule has 1 aliphatic carbocycles. The molecule has 1 saturated heterocycles. The molecular formula is C24H30N4O3. The Balaban J connectivity index is 1.42. The van der Waals surface area contributed by atoms with Crippen molar-refractivity contribution < 1.29 is 14.3 Å². The van der Waals surface area contributed by atoms with Gasteiger partial charge in [0.25, 0.3) is 5.91 Å². The molecule has 3 heterocycles. The quantitative estimate of drug-likeness (QED) is 0.673. The van der Waals surface area contributed by atoms with Crippen LogP contribution in [0.3, 0.4) is 0 Å². The van der Waals surface area contributed by atoms with E-state index >= 15 is 0 Å². The molecule has 1 fully saturated rings. The molecule has 1 amide bonds. The summed E-state index contributed by atoms with van der Waals surface area (Å²) in [6.07, 6.45) is 3.03. The van der Waals surface area contributed by atoms with Crippen molar-refractivity contribution in [3.05, 3.63) is 41.1 Å². The van der Waals surface area contributed by atoms with E-state index in [1.807, 2.05) is 23.1 Å². The first-order valence-corrected chi connectivity index (χ1v) is 10.9. The Bertz CT molecular complexity index is 1120. The van der Waals surface area contributed by atoms with E-state index in [4.69, 9.17) is 9.47 Å². The van der Waals surface area contributed by atoms with Crippen molar-refractivity contribution >= 4 is 16.8 Å². The highest BCUT2D eigenvalue weighted by atomic mass is 16.5. The maximum Gasteiger partial charge on any atom is 0.254 e. The van der Waals surface area contributed by atoms with Crippen LogP contribution in [0.5, 0.6) is 0 Å². The second-order valence-corrected chi connectivity index (χ2v) is 9.61. The first kappa shape index (κ1) is 20.3. The molecule has 164 valence electrons. The third kappa shape index (κ3) is 3.55. The second kappa shape index (κ2) is 7.50. The molecule has 2 N–H and O–H groups in total. The first-order chi connectivity index (χ1) is 14.9. The van der Waals surface area contributed by atoms with Crippen molar-refractivity contribution in [1.29, 1.82) is 0 Å². The Morgan fingerprint density at radius 1 is 1.16 bits per heavy atom. The van der Waals surface area contributed by atoms with E-state index in [9.17, 15) is 4.79 Å². The van der Waals surface area contributed by atoms with E-state index in [0.717, 1.165) is 41.6 Å². The third-order valence-electron chi connectivity index (χ3n) is 6.89.